The van der Waals surface area contributed by atoms with Crippen molar-refractivity contribution >= 4 is 31.9 Å². The highest BCUT2D eigenvalue weighted by atomic mass is 79.9. The van der Waals surface area contributed by atoms with Gasteiger partial charge in [-0.25, -0.2) is 4.68 Å². The molecule has 0 aliphatic carbocycles. The number of halogens is 2. The van der Waals surface area contributed by atoms with Gasteiger partial charge in [-0.1, -0.05) is 49.2 Å². The van der Waals surface area contributed by atoms with E-state index in [1.807, 2.05) is 23.0 Å². The number of rotatable bonds is 4. The molecule has 0 radical (unpaired) electrons. The number of hydrogen-bond acceptors (Lipinski definition) is 2. The van der Waals surface area contributed by atoms with E-state index < -0.39 is 0 Å². The highest BCUT2D eigenvalue weighted by Crippen LogP contribution is 2.11. The Bertz CT molecular complexity index is 451. The average molecular weight is 345 g/mol. The summed E-state index contributed by atoms with van der Waals surface area (Å²) in [6.07, 6.45) is 2.91. The van der Waals surface area contributed by atoms with Crippen LogP contribution in [0.5, 0.6) is 0 Å². The summed E-state index contributed by atoms with van der Waals surface area (Å²) >= 11 is 6.80. The molecule has 0 saturated heterocycles. The third-order valence-corrected chi connectivity index (χ3v) is 3.12. The van der Waals surface area contributed by atoms with E-state index in [0.717, 1.165) is 28.5 Å². The Morgan fingerprint density at radius 2 is 1.94 bits per heavy atom. The fraction of sp³-hybridized carbons (Fsp3) is 0.273. The van der Waals surface area contributed by atoms with Gasteiger partial charge in [0.1, 0.15) is 0 Å². The first kappa shape index (κ1) is 11.8. The Balaban J connectivity index is 2.05. The second-order valence-electron chi connectivity index (χ2n) is 3.47. The normalized spacial score (nSPS) is 10.6. The van der Waals surface area contributed by atoms with Crippen LogP contribution in [0.2, 0.25) is 0 Å². The number of aromatic nitrogens is 3. The summed E-state index contributed by atoms with van der Waals surface area (Å²) in [6, 6.07) is 8.23. The van der Waals surface area contributed by atoms with Gasteiger partial charge in [0, 0.05) is 22.4 Å². The van der Waals surface area contributed by atoms with Gasteiger partial charge < -0.3 is 0 Å². The van der Waals surface area contributed by atoms with E-state index in [1.165, 1.54) is 5.56 Å². The smallest absolute Gasteiger partial charge is 0.0835 e. The molecule has 0 aliphatic rings. The zero-order valence-corrected chi connectivity index (χ0v) is 11.8. The molecule has 1 heterocycles. The van der Waals surface area contributed by atoms with Crippen molar-refractivity contribution in [1.29, 1.82) is 0 Å². The van der Waals surface area contributed by atoms with Crippen LogP contribution in [0.3, 0.4) is 0 Å². The molecule has 1 aromatic carbocycles. The molecule has 2 rings (SSSR count). The minimum atomic E-state index is 0.766. The number of nitrogens with zero attached hydrogens (tertiary/aromatic N) is 3. The predicted molar refractivity (Wildman–Crippen MR) is 70.8 cm³/mol. The molecule has 5 heteroatoms. The molecule has 0 bridgehead atoms. The van der Waals surface area contributed by atoms with Crippen molar-refractivity contribution in [2.24, 2.45) is 0 Å². The van der Waals surface area contributed by atoms with Gasteiger partial charge in [-0.2, -0.15) is 0 Å². The molecule has 0 atom stereocenters. The van der Waals surface area contributed by atoms with Crippen molar-refractivity contribution in [3.63, 3.8) is 0 Å². The first-order chi connectivity index (χ1) is 7.78. The van der Waals surface area contributed by atoms with Crippen molar-refractivity contribution in [1.82, 2.24) is 15.0 Å². The van der Waals surface area contributed by atoms with Crippen molar-refractivity contribution < 1.29 is 0 Å². The Morgan fingerprint density at radius 1 is 1.19 bits per heavy atom. The van der Waals surface area contributed by atoms with Gasteiger partial charge in [0.2, 0.25) is 0 Å². The molecule has 3 nitrogen and oxygen atoms in total. The van der Waals surface area contributed by atoms with Gasteiger partial charge in [0.25, 0.3) is 0 Å². The molecule has 0 aliphatic heterocycles. The van der Waals surface area contributed by atoms with Gasteiger partial charge in [0.15, 0.2) is 0 Å². The minimum Gasteiger partial charge on any atom is -0.248 e. The van der Waals surface area contributed by atoms with E-state index >= 15 is 0 Å². The SMILES string of the molecule is BrCCc1cn(Cc2ccc(Br)cc2)nn1. The fourth-order valence-electron chi connectivity index (χ4n) is 1.40. The molecule has 0 N–H and O–H groups in total. The van der Waals surface area contributed by atoms with Crippen LogP contribution in [0.4, 0.5) is 0 Å². The minimum absolute atomic E-state index is 0.766. The van der Waals surface area contributed by atoms with Gasteiger partial charge in [-0.3, -0.25) is 0 Å². The van der Waals surface area contributed by atoms with Crippen LogP contribution < -0.4 is 0 Å². The molecular weight excluding hydrogens is 334 g/mol. The molecule has 0 spiro atoms. The molecular formula is C11H11Br2N3. The third kappa shape index (κ3) is 3.15. The van der Waals surface area contributed by atoms with E-state index in [1.54, 1.807) is 0 Å². The van der Waals surface area contributed by atoms with E-state index in [-0.39, 0.29) is 0 Å². The molecule has 2 aromatic rings. The van der Waals surface area contributed by atoms with E-state index in [0.29, 0.717) is 0 Å². The lowest BCUT2D eigenvalue weighted by Crippen LogP contribution is -2.00. The first-order valence-corrected chi connectivity index (χ1v) is 6.89. The summed E-state index contributed by atoms with van der Waals surface area (Å²) in [5.41, 5.74) is 2.24. The van der Waals surface area contributed by atoms with Crippen LogP contribution in [0.15, 0.2) is 34.9 Å². The molecule has 0 saturated carbocycles. The molecule has 1 aromatic heterocycles. The van der Waals surface area contributed by atoms with Crippen LogP contribution in [0.25, 0.3) is 0 Å². The molecule has 0 amide bonds. The van der Waals surface area contributed by atoms with Crippen LogP contribution in [-0.4, -0.2) is 20.3 Å². The maximum atomic E-state index is 4.09. The maximum Gasteiger partial charge on any atom is 0.0835 e. The van der Waals surface area contributed by atoms with E-state index in [9.17, 15) is 0 Å². The Labute approximate surface area is 111 Å². The molecule has 84 valence electrons. The molecule has 0 fully saturated rings. The number of benzene rings is 1. The summed E-state index contributed by atoms with van der Waals surface area (Å²) in [4.78, 5) is 0. The lowest BCUT2D eigenvalue weighted by Gasteiger charge is -2.00. The lowest BCUT2D eigenvalue weighted by atomic mass is 10.2. The summed E-state index contributed by atoms with van der Waals surface area (Å²) in [5.74, 6) is 0. The summed E-state index contributed by atoms with van der Waals surface area (Å²) < 4.78 is 2.95. The zero-order valence-electron chi connectivity index (χ0n) is 8.61. The average Bonchev–Trinajstić information content (AvgIpc) is 2.70. The van der Waals surface area contributed by atoms with Crippen molar-refractivity contribution in [2.75, 3.05) is 5.33 Å². The summed E-state index contributed by atoms with van der Waals surface area (Å²) in [7, 11) is 0. The summed E-state index contributed by atoms with van der Waals surface area (Å²) in [6.45, 7) is 0.766. The van der Waals surface area contributed by atoms with Gasteiger partial charge in [-0.05, 0) is 17.7 Å². The maximum absolute atomic E-state index is 4.09. The number of aryl methyl sites for hydroxylation is 1. The topological polar surface area (TPSA) is 30.7 Å². The second-order valence-corrected chi connectivity index (χ2v) is 5.18. The standard InChI is InChI=1S/C11H11Br2N3/c12-6-5-11-8-16(15-14-11)7-9-1-3-10(13)4-2-9/h1-4,8H,5-7H2. The Hall–Kier alpha value is -0.680. The Morgan fingerprint density at radius 3 is 2.62 bits per heavy atom. The third-order valence-electron chi connectivity index (χ3n) is 2.19. The highest BCUT2D eigenvalue weighted by molar-refractivity contribution is 9.10. The lowest BCUT2D eigenvalue weighted by molar-refractivity contribution is 0.649. The quantitative estimate of drug-likeness (QED) is 0.798. The summed E-state index contributed by atoms with van der Waals surface area (Å²) in [5, 5.41) is 9.10. The van der Waals surface area contributed by atoms with Crippen LogP contribution in [0.1, 0.15) is 11.3 Å². The molecule has 0 unspecified atom stereocenters. The zero-order chi connectivity index (χ0) is 11.4. The monoisotopic (exact) mass is 343 g/mol. The van der Waals surface area contributed by atoms with E-state index in [2.05, 4.69) is 54.3 Å². The van der Waals surface area contributed by atoms with Crippen LogP contribution in [-0.2, 0) is 13.0 Å². The van der Waals surface area contributed by atoms with Crippen LogP contribution >= 0.6 is 31.9 Å². The van der Waals surface area contributed by atoms with Gasteiger partial charge >= 0.3 is 0 Å². The molecule has 16 heavy (non-hydrogen) atoms. The number of hydrogen-bond donors (Lipinski definition) is 0. The van der Waals surface area contributed by atoms with Crippen molar-refractivity contribution in [3.05, 3.63) is 46.2 Å². The van der Waals surface area contributed by atoms with Crippen molar-refractivity contribution in [2.45, 2.75) is 13.0 Å². The predicted octanol–water partition coefficient (Wildman–Crippen LogP) is 3.03. The van der Waals surface area contributed by atoms with Crippen LogP contribution in [0, 0.1) is 0 Å². The number of alkyl halides is 1. The van der Waals surface area contributed by atoms with Gasteiger partial charge in [-0.15, -0.1) is 5.10 Å². The Kier molecular flexibility index (Phi) is 4.12. The first-order valence-electron chi connectivity index (χ1n) is 4.97. The van der Waals surface area contributed by atoms with Crippen molar-refractivity contribution in [3.8, 4) is 0 Å². The second kappa shape index (κ2) is 5.59. The van der Waals surface area contributed by atoms with Gasteiger partial charge in [0.05, 0.1) is 12.2 Å². The largest absolute Gasteiger partial charge is 0.248 e. The van der Waals surface area contributed by atoms with E-state index in [4.69, 9.17) is 0 Å². The fourth-order valence-corrected chi connectivity index (χ4v) is 2.07. The highest BCUT2D eigenvalue weighted by Gasteiger charge is 2.00.